The van der Waals surface area contributed by atoms with Crippen molar-refractivity contribution in [3.05, 3.63) is 90.1 Å². The fraction of sp³-hybridized carbons (Fsp3) is 0.107. The number of fused-ring (bicyclic) bond motifs is 3. The highest BCUT2D eigenvalue weighted by Gasteiger charge is 2.36. The first kappa shape index (κ1) is 22.9. The SMILES string of the molecule is Cc1ccc(-c2cc(-c3ccc(-n4nc5c(c4C)N(C)S(=O)(=O)c4ccccc4-5)cc3)nc(N)n2)cc1. The van der Waals surface area contributed by atoms with Gasteiger partial charge in [0.1, 0.15) is 11.4 Å². The topological polar surface area (TPSA) is 107 Å². The molecule has 9 heteroatoms. The molecule has 2 N–H and O–H groups in total. The number of anilines is 2. The molecule has 0 aliphatic carbocycles. The maximum atomic E-state index is 13.1. The fourth-order valence-corrected chi connectivity index (χ4v) is 6.17. The van der Waals surface area contributed by atoms with E-state index in [-0.39, 0.29) is 10.8 Å². The molecule has 8 nitrogen and oxygen atoms in total. The largest absolute Gasteiger partial charge is 0.368 e. The Morgan fingerprint density at radius 2 is 1.41 bits per heavy atom. The molecule has 3 heterocycles. The minimum absolute atomic E-state index is 0.204. The summed E-state index contributed by atoms with van der Waals surface area (Å²) in [6, 6.07) is 24.8. The van der Waals surface area contributed by atoms with Crippen molar-refractivity contribution in [1.29, 1.82) is 0 Å². The van der Waals surface area contributed by atoms with Crippen LogP contribution in [0, 0.1) is 13.8 Å². The van der Waals surface area contributed by atoms with Crippen molar-refractivity contribution in [3.8, 4) is 39.5 Å². The highest BCUT2D eigenvalue weighted by atomic mass is 32.2. The number of nitrogen functional groups attached to an aromatic ring is 1. The molecule has 0 saturated heterocycles. The van der Waals surface area contributed by atoms with E-state index >= 15 is 0 Å². The quantitative estimate of drug-likeness (QED) is 0.368. The highest BCUT2D eigenvalue weighted by Crippen LogP contribution is 2.44. The normalized spacial score (nSPS) is 13.8. The Hall–Kier alpha value is -4.50. The number of aryl methyl sites for hydroxylation is 1. The third kappa shape index (κ3) is 3.66. The number of nitrogens with zero attached hydrogens (tertiary/aromatic N) is 5. The van der Waals surface area contributed by atoms with Crippen molar-refractivity contribution < 1.29 is 8.42 Å². The predicted octanol–water partition coefficient (Wildman–Crippen LogP) is 5.00. The zero-order chi connectivity index (χ0) is 25.9. The van der Waals surface area contributed by atoms with Gasteiger partial charge in [0.05, 0.1) is 27.7 Å². The molecular weight excluding hydrogens is 484 g/mol. The van der Waals surface area contributed by atoms with Crippen molar-refractivity contribution >= 4 is 21.7 Å². The van der Waals surface area contributed by atoms with Gasteiger partial charge in [-0.3, -0.25) is 4.31 Å². The van der Waals surface area contributed by atoms with E-state index in [1.54, 1.807) is 29.9 Å². The Labute approximate surface area is 215 Å². The van der Waals surface area contributed by atoms with E-state index in [1.807, 2.05) is 74.5 Å². The fourth-order valence-electron chi connectivity index (χ4n) is 4.72. The average Bonchev–Trinajstić information content (AvgIpc) is 3.25. The third-order valence-corrected chi connectivity index (χ3v) is 8.49. The Kier molecular flexibility index (Phi) is 5.13. The van der Waals surface area contributed by atoms with Gasteiger partial charge in [-0.1, -0.05) is 60.2 Å². The summed E-state index contributed by atoms with van der Waals surface area (Å²) >= 11 is 0. The monoisotopic (exact) mass is 508 g/mol. The average molecular weight is 509 g/mol. The van der Waals surface area contributed by atoms with Crippen molar-refractivity contribution in [2.24, 2.45) is 0 Å². The molecule has 1 aliphatic rings. The van der Waals surface area contributed by atoms with Crippen molar-refractivity contribution in [3.63, 3.8) is 0 Å². The lowest BCUT2D eigenvalue weighted by molar-refractivity contribution is 0.594. The summed E-state index contributed by atoms with van der Waals surface area (Å²) in [6.07, 6.45) is 0. The van der Waals surface area contributed by atoms with Crippen LogP contribution in [0.3, 0.4) is 0 Å². The zero-order valence-corrected chi connectivity index (χ0v) is 21.4. The first-order chi connectivity index (χ1) is 17.7. The van der Waals surface area contributed by atoms with Crippen LogP contribution in [0.5, 0.6) is 0 Å². The van der Waals surface area contributed by atoms with E-state index in [9.17, 15) is 8.42 Å². The van der Waals surface area contributed by atoms with E-state index in [0.29, 0.717) is 22.6 Å². The molecule has 1 aliphatic heterocycles. The maximum Gasteiger partial charge on any atom is 0.264 e. The van der Waals surface area contributed by atoms with Gasteiger partial charge in [0.25, 0.3) is 10.0 Å². The van der Waals surface area contributed by atoms with Crippen molar-refractivity contribution in [2.45, 2.75) is 18.7 Å². The lowest BCUT2D eigenvalue weighted by atomic mass is 10.1. The van der Waals surface area contributed by atoms with Gasteiger partial charge in [-0.05, 0) is 38.1 Å². The zero-order valence-electron chi connectivity index (χ0n) is 20.5. The lowest BCUT2D eigenvalue weighted by Crippen LogP contribution is -2.30. The second-order valence-electron chi connectivity index (χ2n) is 9.07. The van der Waals surface area contributed by atoms with Crippen LogP contribution in [-0.2, 0) is 10.0 Å². The van der Waals surface area contributed by atoms with Gasteiger partial charge in [-0.15, -0.1) is 0 Å². The molecule has 37 heavy (non-hydrogen) atoms. The van der Waals surface area contributed by atoms with E-state index in [4.69, 9.17) is 10.8 Å². The summed E-state index contributed by atoms with van der Waals surface area (Å²) in [7, 11) is -2.08. The van der Waals surface area contributed by atoms with Crippen LogP contribution in [0.1, 0.15) is 11.3 Å². The van der Waals surface area contributed by atoms with Gasteiger partial charge < -0.3 is 5.73 Å². The minimum atomic E-state index is -3.65. The summed E-state index contributed by atoms with van der Waals surface area (Å²) in [4.78, 5) is 9.11. The van der Waals surface area contributed by atoms with Crippen molar-refractivity contribution in [2.75, 3.05) is 17.1 Å². The van der Waals surface area contributed by atoms with Gasteiger partial charge in [-0.25, -0.2) is 23.1 Å². The first-order valence-electron chi connectivity index (χ1n) is 11.7. The number of hydrogen-bond donors (Lipinski definition) is 1. The summed E-state index contributed by atoms with van der Waals surface area (Å²) < 4.78 is 29.3. The number of sulfonamides is 1. The summed E-state index contributed by atoms with van der Waals surface area (Å²) in [5.41, 5.74) is 13.9. The summed E-state index contributed by atoms with van der Waals surface area (Å²) in [5.74, 6) is 0.204. The molecule has 0 radical (unpaired) electrons. The van der Waals surface area contributed by atoms with Crippen LogP contribution >= 0.6 is 0 Å². The van der Waals surface area contributed by atoms with E-state index in [1.165, 1.54) is 9.87 Å². The van der Waals surface area contributed by atoms with Crippen LogP contribution in [0.2, 0.25) is 0 Å². The second-order valence-corrected chi connectivity index (χ2v) is 11.0. The number of rotatable bonds is 3. The first-order valence-corrected chi connectivity index (χ1v) is 13.2. The highest BCUT2D eigenvalue weighted by molar-refractivity contribution is 7.93. The molecule has 0 bridgehead atoms. The van der Waals surface area contributed by atoms with Gasteiger partial charge >= 0.3 is 0 Å². The molecule has 184 valence electrons. The lowest BCUT2D eigenvalue weighted by Gasteiger charge is -2.26. The van der Waals surface area contributed by atoms with E-state index < -0.39 is 10.0 Å². The number of hydrogen-bond acceptors (Lipinski definition) is 6. The van der Waals surface area contributed by atoms with Gasteiger partial charge in [-0.2, -0.15) is 5.10 Å². The Morgan fingerprint density at radius 1 is 0.811 bits per heavy atom. The van der Waals surface area contributed by atoms with E-state index in [2.05, 4.69) is 9.97 Å². The minimum Gasteiger partial charge on any atom is -0.368 e. The molecule has 3 aromatic carbocycles. The molecule has 0 fully saturated rings. The van der Waals surface area contributed by atoms with Crippen molar-refractivity contribution in [1.82, 2.24) is 19.7 Å². The molecule has 6 rings (SSSR count). The van der Waals surface area contributed by atoms with Gasteiger partial charge in [0.15, 0.2) is 0 Å². The third-order valence-electron chi connectivity index (χ3n) is 6.68. The van der Waals surface area contributed by atoms with Gasteiger partial charge in [0.2, 0.25) is 5.95 Å². The Balaban J connectivity index is 1.40. The molecular formula is C28H24N6O2S. The summed E-state index contributed by atoms with van der Waals surface area (Å²) in [6.45, 7) is 3.91. The number of nitrogens with two attached hydrogens (primary N) is 1. The maximum absolute atomic E-state index is 13.1. The smallest absolute Gasteiger partial charge is 0.264 e. The molecule has 0 unspecified atom stereocenters. The van der Waals surface area contributed by atoms with Crippen LogP contribution in [0.4, 0.5) is 11.6 Å². The van der Waals surface area contributed by atoms with Crippen LogP contribution in [0.25, 0.3) is 39.5 Å². The Bertz CT molecular complexity index is 1780. The molecule has 0 saturated carbocycles. The van der Waals surface area contributed by atoms with Gasteiger partial charge in [0, 0.05) is 23.7 Å². The molecule has 0 spiro atoms. The van der Waals surface area contributed by atoms with Crippen LogP contribution in [0.15, 0.2) is 83.8 Å². The van der Waals surface area contributed by atoms with Crippen LogP contribution < -0.4 is 10.0 Å². The standard InChI is InChI=1S/C28H24N6O2S/c1-17-8-10-19(11-9-17)23-16-24(31-28(29)30-23)20-12-14-21(15-13-20)34-18(2)27-26(32-34)22-6-4-5-7-25(22)37(35,36)33(27)3/h4-16H,1-3H3,(H2,29,30,31). The number of benzene rings is 3. The molecule has 0 atom stereocenters. The molecule has 2 aromatic heterocycles. The molecule has 0 amide bonds. The summed E-state index contributed by atoms with van der Waals surface area (Å²) in [5, 5.41) is 4.82. The Morgan fingerprint density at radius 3 is 2.05 bits per heavy atom. The predicted molar refractivity (Wildman–Crippen MR) is 145 cm³/mol. The second kappa shape index (κ2) is 8.28. The van der Waals surface area contributed by atoms with E-state index in [0.717, 1.165) is 28.2 Å². The number of aromatic nitrogens is 4. The molecule has 5 aromatic rings. The van der Waals surface area contributed by atoms with Crippen LogP contribution in [-0.4, -0.2) is 35.2 Å².